The number of halogens is 2. The second kappa shape index (κ2) is 10.2. The van der Waals surface area contributed by atoms with Crippen molar-refractivity contribution < 1.29 is 9.53 Å². The zero-order chi connectivity index (χ0) is 14.4. The van der Waals surface area contributed by atoms with Crippen molar-refractivity contribution in [2.45, 2.75) is 25.9 Å². The summed E-state index contributed by atoms with van der Waals surface area (Å²) in [6.07, 6.45) is 4.09. The second-order valence-corrected chi connectivity index (χ2v) is 4.59. The minimum Gasteiger partial charge on any atom is -0.465 e. The Balaban J connectivity index is 0.00000220. The van der Waals surface area contributed by atoms with E-state index in [1.165, 1.54) is 5.56 Å². The van der Waals surface area contributed by atoms with Crippen molar-refractivity contribution in [3.63, 3.8) is 0 Å². The first kappa shape index (κ1) is 20.4. The third-order valence-electron chi connectivity index (χ3n) is 2.92. The van der Waals surface area contributed by atoms with Crippen molar-refractivity contribution in [1.29, 1.82) is 0 Å². The number of carbonyl (C=O) groups excluding carboxylic acids is 1. The van der Waals surface area contributed by atoms with E-state index in [-0.39, 0.29) is 30.8 Å². The molecule has 122 valence electrons. The van der Waals surface area contributed by atoms with E-state index in [0.29, 0.717) is 19.6 Å². The molecule has 0 aliphatic heterocycles. The molecule has 2 rings (SSSR count). The molecule has 0 spiro atoms. The van der Waals surface area contributed by atoms with Crippen LogP contribution in [0.1, 0.15) is 18.1 Å². The van der Waals surface area contributed by atoms with Crippen LogP contribution in [0.2, 0.25) is 0 Å². The molecular weight excluding hydrogens is 325 g/mol. The lowest BCUT2D eigenvalue weighted by molar-refractivity contribution is -0.144. The molecule has 0 saturated carbocycles. The Labute approximate surface area is 142 Å². The van der Waals surface area contributed by atoms with Crippen molar-refractivity contribution in [1.82, 2.24) is 9.78 Å². The fraction of sp³-hybridized carbons (Fsp3) is 0.333. The van der Waals surface area contributed by atoms with Gasteiger partial charge >= 0.3 is 5.97 Å². The van der Waals surface area contributed by atoms with Crippen LogP contribution in [0.5, 0.6) is 0 Å². The van der Waals surface area contributed by atoms with E-state index in [0.717, 1.165) is 5.56 Å². The molecule has 2 N–H and O–H groups in total. The maximum absolute atomic E-state index is 11.5. The summed E-state index contributed by atoms with van der Waals surface area (Å²) < 4.78 is 6.72. The van der Waals surface area contributed by atoms with Gasteiger partial charge in [-0.15, -0.1) is 24.8 Å². The van der Waals surface area contributed by atoms with Gasteiger partial charge in [0.25, 0.3) is 0 Å². The Kier molecular flexibility index (Phi) is 9.49. The van der Waals surface area contributed by atoms with Gasteiger partial charge in [-0.25, -0.2) is 0 Å². The highest BCUT2D eigenvalue weighted by molar-refractivity contribution is 5.85. The Morgan fingerprint density at radius 1 is 1.27 bits per heavy atom. The lowest BCUT2D eigenvalue weighted by Crippen LogP contribution is -2.34. The predicted octanol–water partition coefficient (Wildman–Crippen LogP) is 2.21. The first-order valence-corrected chi connectivity index (χ1v) is 6.66. The average Bonchev–Trinajstić information content (AvgIpc) is 2.87. The normalized spacial score (nSPS) is 11.0. The molecule has 1 atom stereocenters. The summed E-state index contributed by atoms with van der Waals surface area (Å²) in [7, 11) is 0. The van der Waals surface area contributed by atoms with E-state index < -0.39 is 6.04 Å². The van der Waals surface area contributed by atoms with Crippen LogP contribution in [-0.2, 0) is 22.5 Å². The van der Waals surface area contributed by atoms with Crippen molar-refractivity contribution in [3.8, 4) is 0 Å². The van der Waals surface area contributed by atoms with Crippen LogP contribution in [-0.4, -0.2) is 28.4 Å². The van der Waals surface area contributed by atoms with Crippen LogP contribution >= 0.6 is 24.8 Å². The zero-order valence-corrected chi connectivity index (χ0v) is 14.0. The standard InChI is InChI=1S/C15H19N3O2.2ClH/c1-2-20-15(19)14(16)8-13-9-17-18(11-13)10-12-6-4-3-5-7-12;;/h3-7,9,11,14H,2,8,10,16H2,1H3;2*1H. The van der Waals surface area contributed by atoms with Crippen LogP contribution in [0.3, 0.4) is 0 Å². The smallest absolute Gasteiger partial charge is 0.323 e. The molecule has 0 saturated heterocycles. The minimum absolute atomic E-state index is 0. The molecule has 0 radical (unpaired) electrons. The lowest BCUT2D eigenvalue weighted by atomic mass is 10.1. The molecule has 1 heterocycles. The first-order chi connectivity index (χ1) is 9.69. The van der Waals surface area contributed by atoms with E-state index in [9.17, 15) is 4.79 Å². The highest BCUT2D eigenvalue weighted by Gasteiger charge is 2.15. The number of nitrogens with zero attached hydrogens (tertiary/aromatic N) is 2. The van der Waals surface area contributed by atoms with E-state index in [2.05, 4.69) is 5.10 Å². The Morgan fingerprint density at radius 2 is 1.95 bits per heavy atom. The van der Waals surface area contributed by atoms with Gasteiger partial charge in [-0.05, 0) is 18.1 Å². The molecule has 1 unspecified atom stereocenters. The van der Waals surface area contributed by atoms with Gasteiger partial charge in [-0.3, -0.25) is 9.48 Å². The van der Waals surface area contributed by atoms with Crippen LogP contribution in [0, 0.1) is 0 Å². The van der Waals surface area contributed by atoms with E-state index in [4.69, 9.17) is 10.5 Å². The zero-order valence-electron chi connectivity index (χ0n) is 12.3. The number of esters is 1. The van der Waals surface area contributed by atoms with Crippen molar-refractivity contribution in [3.05, 3.63) is 53.9 Å². The van der Waals surface area contributed by atoms with E-state index in [1.807, 2.05) is 41.2 Å². The maximum atomic E-state index is 11.5. The van der Waals surface area contributed by atoms with E-state index in [1.54, 1.807) is 13.1 Å². The van der Waals surface area contributed by atoms with Crippen molar-refractivity contribution in [2.24, 2.45) is 5.73 Å². The maximum Gasteiger partial charge on any atom is 0.323 e. The van der Waals surface area contributed by atoms with Gasteiger partial charge < -0.3 is 10.5 Å². The first-order valence-electron chi connectivity index (χ1n) is 6.66. The molecule has 7 heteroatoms. The summed E-state index contributed by atoms with van der Waals surface area (Å²) >= 11 is 0. The van der Waals surface area contributed by atoms with Gasteiger partial charge in [-0.1, -0.05) is 30.3 Å². The third kappa shape index (κ3) is 6.05. The van der Waals surface area contributed by atoms with Crippen LogP contribution in [0.25, 0.3) is 0 Å². The number of benzene rings is 1. The summed E-state index contributed by atoms with van der Waals surface area (Å²) in [5.74, 6) is -0.372. The number of nitrogens with two attached hydrogens (primary N) is 1. The van der Waals surface area contributed by atoms with Crippen LogP contribution in [0.4, 0.5) is 0 Å². The topological polar surface area (TPSA) is 70.1 Å². The van der Waals surface area contributed by atoms with Gasteiger partial charge in [0.05, 0.1) is 19.3 Å². The molecule has 1 aromatic heterocycles. The summed E-state index contributed by atoms with van der Waals surface area (Å²) in [6.45, 7) is 2.82. The third-order valence-corrected chi connectivity index (χ3v) is 2.92. The molecule has 0 aliphatic carbocycles. The summed E-state index contributed by atoms with van der Waals surface area (Å²) in [4.78, 5) is 11.5. The van der Waals surface area contributed by atoms with Gasteiger partial charge in [0.2, 0.25) is 0 Å². The molecule has 0 fully saturated rings. The molecule has 22 heavy (non-hydrogen) atoms. The number of carbonyl (C=O) groups is 1. The Morgan fingerprint density at radius 3 is 2.59 bits per heavy atom. The summed E-state index contributed by atoms with van der Waals surface area (Å²) in [5.41, 5.74) is 7.90. The fourth-order valence-electron chi connectivity index (χ4n) is 1.96. The molecule has 0 aliphatic rings. The van der Waals surface area contributed by atoms with Crippen LogP contribution < -0.4 is 5.73 Å². The molecular formula is C15H21Cl2N3O2. The SMILES string of the molecule is CCOC(=O)C(N)Cc1cnn(Cc2ccccc2)c1.Cl.Cl. The highest BCUT2D eigenvalue weighted by Crippen LogP contribution is 2.06. The highest BCUT2D eigenvalue weighted by atomic mass is 35.5. The van der Waals surface area contributed by atoms with Gasteiger partial charge in [-0.2, -0.15) is 5.10 Å². The minimum atomic E-state index is -0.635. The van der Waals surface area contributed by atoms with Gasteiger partial charge in [0, 0.05) is 12.6 Å². The molecule has 1 aromatic carbocycles. The van der Waals surface area contributed by atoms with Gasteiger partial charge in [0.1, 0.15) is 6.04 Å². The number of hydrogen-bond donors (Lipinski definition) is 1. The average molecular weight is 346 g/mol. The largest absolute Gasteiger partial charge is 0.465 e. The summed E-state index contributed by atoms with van der Waals surface area (Å²) in [6, 6.07) is 9.44. The second-order valence-electron chi connectivity index (χ2n) is 4.59. The summed E-state index contributed by atoms with van der Waals surface area (Å²) in [5, 5.41) is 4.28. The number of aromatic nitrogens is 2. The van der Waals surface area contributed by atoms with Crippen molar-refractivity contribution in [2.75, 3.05) is 6.61 Å². The number of hydrogen-bond acceptors (Lipinski definition) is 4. The lowest BCUT2D eigenvalue weighted by Gasteiger charge is -2.08. The van der Waals surface area contributed by atoms with Crippen molar-refractivity contribution >= 4 is 30.8 Å². The molecule has 5 nitrogen and oxygen atoms in total. The monoisotopic (exact) mass is 345 g/mol. The number of ether oxygens (including phenoxy) is 1. The van der Waals surface area contributed by atoms with Gasteiger partial charge in [0.15, 0.2) is 0 Å². The van der Waals surface area contributed by atoms with Crippen LogP contribution in [0.15, 0.2) is 42.7 Å². The predicted molar refractivity (Wildman–Crippen MR) is 90.6 cm³/mol. The molecule has 2 aromatic rings. The molecule has 0 amide bonds. The van der Waals surface area contributed by atoms with E-state index >= 15 is 0 Å². The fourth-order valence-corrected chi connectivity index (χ4v) is 1.96. The quantitative estimate of drug-likeness (QED) is 0.814. The molecule has 0 bridgehead atoms. The Bertz CT molecular complexity index is 561. The number of rotatable bonds is 6. The Hall–Kier alpha value is -1.56.